The summed E-state index contributed by atoms with van der Waals surface area (Å²) in [5, 5.41) is 0. The van der Waals surface area contributed by atoms with Crippen LogP contribution in [0.5, 0.6) is 0 Å². The summed E-state index contributed by atoms with van der Waals surface area (Å²) in [6.07, 6.45) is 0. The summed E-state index contributed by atoms with van der Waals surface area (Å²) in [6.45, 7) is 0. The zero-order valence-electron chi connectivity index (χ0n) is 1.88. The summed E-state index contributed by atoms with van der Waals surface area (Å²) in [7, 11) is 0. The van der Waals surface area contributed by atoms with Gasteiger partial charge in [-0.25, -0.2) is 0 Å². The Morgan fingerprint density at radius 3 is 1.20 bits per heavy atom. The number of rotatable bonds is 0. The molecule has 0 saturated heterocycles. The SMILES string of the molecule is [AlH3].[Cl][K].[KH].[Ti]. The molecule has 0 spiro atoms. The van der Waals surface area contributed by atoms with Crippen LogP contribution < -0.4 is 0 Å². The second-order valence-corrected chi connectivity index (χ2v) is 0. The van der Waals surface area contributed by atoms with Crippen LogP contribution in [0.4, 0.5) is 0 Å². The summed E-state index contributed by atoms with van der Waals surface area (Å²) >= 11 is 0.535. The molecule has 0 aliphatic rings. The van der Waals surface area contributed by atoms with Crippen LogP contribution in [0.25, 0.3) is 0 Å². The fraction of sp³-hybridized carbons (Fsp3) is 0. The van der Waals surface area contributed by atoms with E-state index in [1.165, 1.54) is 0 Å². The maximum Gasteiger partial charge on any atom is 0 e. The van der Waals surface area contributed by atoms with Crippen molar-refractivity contribution in [2.45, 2.75) is 0 Å². The fourth-order valence-corrected chi connectivity index (χ4v) is 0. The van der Waals surface area contributed by atoms with Crippen LogP contribution in [0.3, 0.4) is 0 Å². The first-order valence-corrected chi connectivity index (χ1v) is 4.68. The maximum atomic E-state index is 4.83. The minimum absolute atomic E-state index is 0. The Kier molecular flexibility index (Phi) is 105. The number of hydrogen-bond acceptors (Lipinski definition) is 0. The van der Waals surface area contributed by atoms with E-state index in [0.29, 0.717) is 47.1 Å². The van der Waals surface area contributed by atoms with Crippen molar-refractivity contribution in [3.05, 3.63) is 0 Å². The molecule has 0 nitrogen and oxygen atoms in total. The van der Waals surface area contributed by atoms with Crippen molar-refractivity contribution in [3.63, 3.8) is 0 Å². The second kappa shape index (κ2) is 23.2. The predicted octanol–water partition coefficient (Wildman–Crippen LogP) is -1.53. The molecule has 0 saturated carbocycles. The summed E-state index contributed by atoms with van der Waals surface area (Å²) in [5.74, 6) is 0. The van der Waals surface area contributed by atoms with Crippen LogP contribution in [0, 0.1) is 0 Å². The van der Waals surface area contributed by atoms with Crippen LogP contribution in [0.1, 0.15) is 0 Å². The van der Waals surface area contributed by atoms with E-state index in [1.807, 2.05) is 0 Å². The molecule has 20 valence electrons. The van der Waals surface area contributed by atoms with Gasteiger partial charge < -0.3 is 0 Å². The second-order valence-electron chi connectivity index (χ2n) is 0. The third kappa shape index (κ3) is 17.7. The van der Waals surface area contributed by atoms with Gasteiger partial charge in [-0.2, -0.15) is 0 Å². The zero-order chi connectivity index (χ0) is 2.00. The molecule has 0 aromatic heterocycles. The quantitative estimate of drug-likeness (QED) is 0.409. The zero-order valence-corrected chi connectivity index (χ0v) is 7.32. The standard InChI is InChI=1S/Al.ClH.2K.Ti.4H/h;1H;;;;;;;/q;;;+1;;;;;/p-1. The summed E-state index contributed by atoms with van der Waals surface area (Å²) in [4.78, 5) is 0. The molecule has 0 unspecified atom stereocenters. The molecular formula is H4AlClK2Ti. The first-order valence-electron chi connectivity index (χ1n) is 0.378. The van der Waals surface area contributed by atoms with E-state index < -0.39 is 0 Å². The Labute approximate surface area is 136 Å². The van der Waals surface area contributed by atoms with E-state index >= 15 is 0 Å². The molecular weight excluding hydrogens is 188 g/mol. The van der Waals surface area contributed by atoms with E-state index in [-0.39, 0.29) is 90.5 Å². The molecule has 0 atom stereocenters. The van der Waals surface area contributed by atoms with Crippen molar-refractivity contribution >= 4 is 120 Å². The van der Waals surface area contributed by atoms with E-state index in [0.717, 1.165) is 0 Å². The smallest absolute Gasteiger partial charge is 0 e. The minimum Gasteiger partial charge on any atom is 0 e. The van der Waals surface area contributed by atoms with Gasteiger partial charge in [0, 0.05) is 21.7 Å². The summed E-state index contributed by atoms with van der Waals surface area (Å²) < 4.78 is 4.83. The van der Waals surface area contributed by atoms with Crippen LogP contribution in [0.15, 0.2) is 0 Å². The molecule has 0 bridgehead atoms. The monoisotopic (exact) mass is 192 g/mol. The molecule has 0 heterocycles. The maximum absolute atomic E-state index is 4.83. The molecule has 5 heteroatoms. The molecule has 0 fully saturated rings. The summed E-state index contributed by atoms with van der Waals surface area (Å²) in [6, 6.07) is 0. The van der Waals surface area contributed by atoms with Crippen molar-refractivity contribution in [2.75, 3.05) is 0 Å². The number of hydrogen-bond donors (Lipinski definition) is 0. The van der Waals surface area contributed by atoms with Gasteiger partial charge in [0.2, 0.25) is 0 Å². The van der Waals surface area contributed by atoms with Gasteiger partial charge in [-0.05, 0) is 0 Å². The van der Waals surface area contributed by atoms with Gasteiger partial charge in [-0.15, -0.1) is 0 Å². The van der Waals surface area contributed by atoms with E-state index in [9.17, 15) is 0 Å². The minimum atomic E-state index is 0. The molecule has 5 heavy (non-hydrogen) atoms. The molecule has 0 aliphatic heterocycles. The molecule has 0 radical (unpaired) electrons. The molecule has 0 N–H and O–H groups in total. The van der Waals surface area contributed by atoms with Gasteiger partial charge in [0.05, 0.1) is 0 Å². The van der Waals surface area contributed by atoms with Gasteiger partial charge in [0.15, 0.2) is 17.4 Å². The summed E-state index contributed by atoms with van der Waals surface area (Å²) in [5.41, 5.74) is 0. The first kappa shape index (κ1) is 22.6. The Balaban J connectivity index is -0.00000000167. The van der Waals surface area contributed by atoms with E-state index in [1.54, 1.807) is 0 Å². The third-order valence-electron chi connectivity index (χ3n) is 0. The molecule has 0 aliphatic carbocycles. The Morgan fingerprint density at radius 2 is 1.20 bits per heavy atom. The van der Waals surface area contributed by atoms with E-state index in [2.05, 4.69) is 0 Å². The van der Waals surface area contributed by atoms with Gasteiger partial charge >= 0.3 is 102 Å². The van der Waals surface area contributed by atoms with Crippen molar-refractivity contribution in [1.29, 1.82) is 0 Å². The van der Waals surface area contributed by atoms with Crippen LogP contribution in [-0.4, -0.2) is 116 Å². The Bertz CT molecular complexity index is 9.61. The molecule has 0 amide bonds. The third-order valence-corrected chi connectivity index (χ3v) is 0. The van der Waals surface area contributed by atoms with Crippen molar-refractivity contribution in [3.8, 4) is 0 Å². The van der Waals surface area contributed by atoms with Crippen LogP contribution >= 0.6 is 3.76 Å². The van der Waals surface area contributed by atoms with Gasteiger partial charge in [0.25, 0.3) is 0 Å². The van der Waals surface area contributed by atoms with Crippen LogP contribution in [0.2, 0.25) is 0 Å². The van der Waals surface area contributed by atoms with Crippen molar-refractivity contribution in [1.82, 2.24) is 0 Å². The Hall–Kier alpha value is 4.81. The van der Waals surface area contributed by atoms with Crippen LogP contribution in [-0.2, 0) is 21.7 Å². The fourth-order valence-electron chi connectivity index (χ4n) is 0. The average molecular weight is 193 g/mol. The van der Waals surface area contributed by atoms with E-state index in [4.69, 9.17) is 3.76 Å². The molecule has 0 aromatic rings. The Morgan fingerprint density at radius 1 is 1.20 bits per heavy atom. The van der Waals surface area contributed by atoms with Crippen molar-refractivity contribution in [2.24, 2.45) is 0 Å². The van der Waals surface area contributed by atoms with Crippen molar-refractivity contribution < 1.29 is 21.7 Å². The predicted molar refractivity (Wildman–Crippen MR) is 28.7 cm³/mol. The van der Waals surface area contributed by atoms with Gasteiger partial charge in [-0.3, -0.25) is 0 Å². The normalized spacial score (nSPS) is 1.40. The van der Waals surface area contributed by atoms with Gasteiger partial charge in [-0.1, -0.05) is 0 Å². The first-order chi connectivity index (χ1) is 1.00. The topological polar surface area (TPSA) is 0 Å². The van der Waals surface area contributed by atoms with Gasteiger partial charge in [0.1, 0.15) is 0 Å². The largest absolute Gasteiger partial charge is 0 e. The average Bonchev–Trinajstić information content (AvgIpc) is 1.00. The molecule has 0 rings (SSSR count). The number of halogens is 1. The molecule has 0 aromatic carbocycles.